The second-order valence-corrected chi connectivity index (χ2v) is 5.52. The van der Waals surface area contributed by atoms with Crippen LogP contribution in [0.2, 0.25) is 0 Å². The molecule has 1 atom stereocenters. The largest absolute Gasteiger partial charge is 0.376 e. The van der Waals surface area contributed by atoms with Gasteiger partial charge >= 0.3 is 6.03 Å². The van der Waals surface area contributed by atoms with E-state index in [-0.39, 0.29) is 12.1 Å². The Kier molecular flexibility index (Phi) is 5.16. The SMILES string of the molecule is O=C(Nc1ccccn1)N(Cc1ccncc1)C[C@@H]1CCCO1. The van der Waals surface area contributed by atoms with Gasteiger partial charge in [0, 0.05) is 38.3 Å². The molecule has 0 bridgehead atoms. The van der Waals surface area contributed by atoms with Gasteiger partial charge in [0.2, 0.25) is 0 Å². The van der Waals surface area contributed by atoms with Gasteiger partial charge in [-0.1, -0.05) is 6.07 Å². The van der Waals surface area contributed by atoms with E-state index in [4.69, 9.17) is 4.74 Å². The smallest absolute Gasteiger partial charge is 0.323 e. The first-order chi connectivity index (χ1) is 11.3. The number of urea groups is 1. The zero-order valence-corrected chi connectivity index (χ0v) is 12.9. The van der Waals surface area contributed by atoms with E-state index in [1.807, 2.05) is 24.3 Å². The average molecular weight is 312 g/mol. The van der Waals surface area contributed by atoms with Gasteiger partial charge in [0.1, 0.15) is 5.82 Å². The molecule has 6 nitrogen and oxygen atoms in total. The standard InChI is InChI=1S/C17H20N4O2/c22-17(20-16-5-1-2-8-19-16)21(13-15-4-3-11-23-15)12-14-6-9-18-10-7-14/h1-2,5-10,15H,3-4,11-13H2,(H,19,20,22)/t15-/m0/s1. The van der Waals surface area contributed by atoms with Gasteiger partial charge in [0.05, 0.1) is 6.10 Å². The van der Waals surface area contributed by atoms with E-state index in [0.29, 0.717) is 18.9 Å². The fourth-order valence-electron chi connectivity index (χ4n) is 2.59. The number of aromatic nitrogens is 2. The summed E-state index contributed by atoms with van der Waals surface area (Å²) in [5.74, 6) is 0.546. The van der Waals surface area contributed by atoms with Crippen LogP contribution in [-0.4, -0.2) is 40.2 Å². The molecule has 1 fully saturated rings. The summed E-state index contributed by atoms with van der Waals surface area (Å²) in [6, 6.07) is 9.09. The number of amides is 2. The fourth-order valence-corrected chi connectivity index (χ4v) is 2.59. The molecular formula is C17H20N4O2. The number of ether oxygens (including phenoxy) is 1. The van der Waals surface area contributed by atoms with E-state index >= 15 is 0 Å². The lowest BCUT2D eigenvalue weighted by Crippen LogP contribution is -2.39. The number of carbonyl (C=O) groups is 1. The first-order valence-electron chi connectivity index (χ1n) is 7.79. The Hall–Kier alpha value is -2.47. The molecule has 0 aromatic carbocycles. The minimum Gasteiger partial charge on any atom is -0.376 e. The summed E-state index contributed by atoms with van der Waals surface area (Å²) in [4.78, 5) is 22.5. The van der Waals surface area contributed by atoms with Crippen molar-refractivity contribution in [1.82, 2.24) is 14.9 Å². The summed E-state index contributed by atoms with van der Waals surface area (Å²) >= 11 is 0. The number of carbonyl (C=O) groups excluding carboxylic acids is 1. The first-order valence-corrected chi connectivity index (χ1v) is 7.79. The Morgan fingerprint density at radius 2 is 2.13 bits per heavy atom. The molecule has 120 valence electrons. The molecule has 6 heteroatoms. The van der Waals surface area contributed by atoms with Crippen molar-refractivity contribution in [2.24, 2.45) is 0 Å². The van der Waals surface area contributed by atoms with E-state index in [1.165, 1.54) is 0 Å². The zero-order valence-electron chi connectivity index (χ0n) is 12.9. The first kappa shape index (κ1) is 15.4. The van der Waals surface area contributed by atoms with Crippen LogP contribution in [-0.2, 0) is 11.3 Å². The number of hydrogen-bond donors (Lipinski definition) is 1. The van der Waals surface area contributed by atoms with Gasteiger partial charge in [0.25, 0.3) is 0 Å². The molecule has 2 amide bonds. The van der Waals surface area contributed by atoms with Gasteiger partial charge in [0.15, 0.2) is 0 Å². The molecule has 0 unspecified atom stereocenters. The maximum Gasteiger partial charge on any atom is 0.323 e. The monoisotopic (exact) mass is 312 g/mol. The predicted molar refractivity (Wildman–Crippen MR) is 86.9 cm³/mol. The van der Waals surface area contributed by atoms with Crippen LogP contribution in [0.3, 0.4) is 0 Å². The van der Waals surface area contributed by atoms with Crippen LogP contribution < -0.4 is 5.32 Å². The maximum absolute atomic E-state index is 12.6. The topological polar surface area (TPSA) is 67.4 Å². The van der Waals surface area contributed by atoms with Crippen molar-refractivity contribution in [3.63, 3.8) is 0 Å². The molecule has 1 aliphatic rings. The van der Waals surface area contributed by atoms with Crippen LogP contribution in [0.4, 0.5) is 10.6 Å². The Morgan fingerprint density at radius 1 is 1.26 bits per heavy atom. The van der Waals surface area contributed by atoms with Crippen LogP contribution in [0.15, 0.2) is 48.9 Å². The third-order valence-corrected chi connectivity index (χ3v) is 3.76. The summed E-state index contributed by atoms with van der Waals surface area (Å²) in [5.41, 5.74) is 1.04. The van der Waals surface area contributed by atoms with Crippen LogP contribution in [0.25, 0.3) is 0 Å². The van der Waals surface area contributed by atoms with E-state index in [0.717, 1.165) is 25.0 Å². The van der Waals surface area contributed by atoms with E-state index in [9.17, 15) is 4.79 Å². The van der Waals surface area contributed by atoms with Crippen LogP contribution in [0.1, 0.15) is 18.4 Å². The zero-order chi connectivity index (χ0) is 15.9. The van der Waals surface area contributed by atoms with Gasteiger partial charge in [-0.15, -0.1) is 0 Å². The van der Waals surface area contributed by atoms with E-state index in [2.05, 4.69) is 15.3 Å². The predicted octanol–water partition coefficient (Wildman–Crippen LogP) is 2.69. The van der Waals surface area contributed by atoms with Gasteiger partial charge in [-0.2, -0.15) is 0 Å². The third-order valence-electron chi connectivity index (χ3n) is 3.76. The minimum absolute atomic E-state index is 0.103. The van der Waals surface area contributed by atoms with Crippen molar-refractivity contribution < 1.29 is 9.53 Å². The highest BCUT2D eigenvalue weighted by Crippen LogP contribution is 2.16. The van der Waals surface area contributed by atoms with Crippen molar-refractivity contribution in [3.8, 4) is 0 Å². The Bertz CT molecular complexity index is 615. The van der Waals surface area contributed by atoms with Crippen molar-refractivity contribution >= 4 is 11.8 Å². The van der Waals surface area contributed by atoms with Crippen LogP contribution in [0, 0.1) is 0 Å². The number of hydrogen-bond acceptors (Lipinski definition) is 4. The molecule has 0 aliphatic carbocycles. The lowest BCUT2D eigenvalue weighted by molar-refractivity contribution is 0.0819. The summed E-state index contributed by atoms with van der Waals surface area (Å²) < 4.78 is 5.67. The highest BCUT2D eigenvalue weighted by Gasteiger charge is 2.23. The summed E-state index contributed by atoms with van der Waals surface area (Å²) in [5, 5.41) is 2.84. The lowest BCUT2D eigenvalue weighted by atomic mass is 10.2. The van der Waals surface area contributed by atoms with Crippen molar-refractivity contribution in [1.29, 1.82) is 0 Å². The van der Waals surface area contributed by atoms with Crippen LogP contribution in [0.5, 0.6) is 0 Å². The van der Waals surface area contributed by atoms with Gasteiger partial charge in [-0.05, 0) is 42.7 Å². The molecule has 0 saturated carbocycles. The second-order valence-electron chi connectivity index (χ2n) is 5.52. The number of pyridine rings is 2. The minimum atomic E-state index is -0.170. The van der Waals surface area contributed by atoms with Crippen molar-refractivity contribution in [2.75, 3.05) is 18.5 Å². The Morgan fingerprint density at radius 3 is 2.83 bits per heavy atom. The highest BCUT2D eigenvalue weighted by molar-refractivity contribution is 5.88. The molecule has 2 aromatic rings. The molecular weight excluding hydrogens is 292 g/mol. The Labute approximate surface area is 135 Å². The average Bonchev–Trinajstić information content (AvgIpc) is 3.09. The van der Waals surface area contributed by atoms with E-state index < -0.39 is 0 Å². The quantitative estimate of drug-likeness (QED) is 0.921. The molecule has 3 heterocycles. The van der Waals surface area contributed by atoms with Crippen molar-refractivity contribution in [3.05, 3.63) is 54.5 Å². The van der Waals surface area contributed by atoms with Crippen LogP contribution >= 0.6 is 0 Å². The normalized spacial score (nSPS) is 17.0. The molecule has 23 heavy (non-hydrogen) atoms. The highest BCUT2D eigenvalue weighted by atomic mass is 16.5. The lowest BCUT2D eigenvalue weighted by Gasteiger charge is -2.25. The fraction of sp³-hybridized carbons (Fsp3) is 0.353. The molecule has 0 spiro atoms. The maximum atomic E-state index is 12.6. The Balaban J connectivity index is 1.69. The number of anilines is 1. The van der Waals surface area contributed by atoms with Gasteiger partial charge in [-0.3, -0.25) is 10.3 Å². The number of nitrogens with zero attached hydrogens (tertiary/aromatic N) is 3. The molecule has 0 radical (unpaired) electrons. The number of nitrogens with one attached hydrogen (secondary N) is 1. The molecule has 1 saturated heterocycles. The van der Waals surface area contributed by atoms with E-state index in [1.54, 1.807) is 29.6 Å². The van der Waals surface area contributed by atoms with Gasteiger partial charge in [-0.25, -0.2) is 9.78 Å². The van der Waals surface area contributed by atoms with Crippen molar-refractivity contribution in [2.45, 2.75) is 25.5 Å². The molecule has 3 rings (SSSR count). The summed E-state index contributed by atoms with van der Waals surface area (Å²) in [6.07, 6.45) is 7.26. The van der Waals surface area contributed by atoms with Gasteiger partial charge < -0.3 is 9.64 Å². The second kappa shape index (κ2) is 7.69. The number of rotatable bonds is 5. The summed E-state index contributed by atoms with van der Waals surface area (Å²) in [7, 11) is 0. The molecule has 1 aliphatic heterocycles. The molecule has 1 N–H and O–H groups in total. The third kappa shape index (κ3) is 4.50. The summed E-state index contributed by atoms with van der Waals surface area (Å²) in [6.45, 7) is 1.86. The molecule has 2 aromatic heterocycles.